The van der Waals surface area contributed by atoms with Crippen molar-refractivity contribution in [3.63, 3.8) is 0 Å². The highest BCUT2D eigenvalue weighted by Gasteiger charge is 2.46. The van der Waals surface area contributed by atoms with Gasteiger partial charge in [0.15, 0.2) is 0 Å². The maximum absolute atomic E-state index is 2.47. The van der Waals surface area contributed by atoms with Crippen LogP contribution >= 0.6 is 0 Å². The normalized spacial score (nSPS) is 12.6. The van der Waals surface area contributed by atoms with Gasteiger partial charge in [0.1, 0.15) is 0 Å². The standard InChI is InChI=1S/C53H37N/c1-5-16-38(17-6-1)39-28-31-45(32-29-39)54(44-24-11-4-12-25-44)46-33-35-50-49-34-30-41(48-27-15-19-40-18-13-14-26-47(40)48)36-51(49)53(52(50)37-46,42-20-7-2-8-21-42)43-22-9-3-10-23-43/h1-37H. The third-order valence-electron chi connectivity index (χ3n) is 11.1. The molecule has 1 nitrogen and oxygen atoms in total. The van der Waals surface area contributed by atoms with E-state index in [-0.39, 0.29) is 0 Å². The van der Waals surface area contributed by atoms with E-state index in [1.165, 1.54) is 66.4 Å². The minimum absolute atomic E-state index is 0.552. The molecule has 54 heavy (non-hydrogen) atoms. The van der Waals surface area contributed by atoms with Crippen molar-refractivity contribution in [1.29, 1.82) is 0 Å². The summed E-state index contributed by atoms with van der Waals surface area (Å²) < 4.78 is 0. The summed E-state index contributed by atoms with van der Waals surface area (Å²) >= 11 is 0. The Morgan fingerprint density at radius 3 is 1.46 bits per heavy atom. The number of benzene rings is 9. The number of anilines is 3. The van der Waals surface area contributed by atoms with Crippen molar-refractivity contribution in [2.45, 2.75) is 5.41 Å². The Morgan fingerprint density at radius 1 is 0.296 bits per heavy atom. The zero-order chi connectivity index (χ0) is 35.9. The minimum atomic E-state index is -0.552. The molecule has 0 saturated heterocycles. The van der Waals surface area contributed by atoms with E-state index in [1.54, 1.807) is 0 Å². The van der Waals surface area contributed by atoms with Crippen LogP contribution in [-0.4, -0.2) is 0 Å². The van der Waals surface area contributed by atoms with Gasteiger partial charge in [-0.3, -0.25) is 0 Å². The molecule has 0 amide bonds. The molecular formula is C53H37N. The van der Waals surface area contributed by atoms with Crippen LogP contribution in [0.15, 0.2) is 224 Å². The Hall–Kier alpha value is -6.96. The first kappa shape index (κ1) is 31.7. The van der Waals surface area contributed by atoms with Gasteiger partial charge in [0.2, 0.25) is 0 Å². The summed E-state index contributed by atoms with van der Waals surface area (Å²) in [6, 6.07) is 82.1. The number of hydrogen-bond donors (Lipinski definition) is 0. The fourth-order valence-corrected chi connectivity index (χ4v) is 8.72. The van der Waals surface area contributed by atoms with E-state index in [2.05, 4.69) is 229 Å². The van der Waals surface area contributed by atoms with Crippen LogP contribution in [0.3, 0.4) is 0 Å². The second-order valence-corrected chi connectivity index (χ2v) is 14.1. The van der Waals surface area contributed by atoms with E-state index in [9.17, 15) is 0 Å². The Labute approximate surface area is 317 Å². The van der Waals surface area contributed by atoms with E-state index < -0.39 is 5.41 Å². The average Bonchev–Trinajstić information content (AvgIpc) is 3.55. The third kappa shape index (κ3) is 5.17. The summed E-state index contributed by atoms with van der Waals surface area (Å²) in [5, 5.41) is 2.51. The lowest BCUT2D eigenvalue weighted by Crippen LogP contribution is -2.28. The van der Waals surface area contributed by atoms with Crippen LogP contribution in [0.25, 0.3) is 44.2 Å². The minimum Gasteiger partial charge on any atom is -0.310 e. The molecule has 0 fully saturated rings. The van der Waals surface area contributed by atoms with Gasteiger partial charge in [-0.1, -0.05) is 182 Å². The molecule has 9 aromatic carbocycles. The highest BCUT2D eigenvalue weighted by atomic mass is 15.1. The van der Waals surface area contributed by atoms with Crippen molar-refractivity contribution in [3.8, 4) is 33.4 Å². The molecule has 0 radical (unpaired) electrons. The Morgan fingerprint density at radius 2 is 0.778 bits per heavy atom. The summed E-state index contributed by atoms with van der Waals surface area (Å²) in [5.41, 5.74) is 15.3. The molecule has 0 atom stereocenters. The van der Waals surface area contributed by atoms with Crippen LogP contribution in [0.4, 0.5) is 17.1 Å². The van der Waals surface area contributed by atoms with Crippen molar-refractivity contribution in [2.75, 3.05) is 4.90 Å². The van der Waals surface area contributed by atoms with E-state index in [4.69, 9.17) is 0 Å². The van der Waals surface area contributed by atoms with Gasteiger partial charge < -0.3 is 4.90 Å². The van der Waals surface area contributed by atoms with Gasteiger partial charge in [-0.2, -0.15) is 0 Å². The van der Waals surface area contributed by atoms with Crippen molar-refractivity contribution in [2.24, 2.45) is 0 Å². The molecule has 0 N–H and O–H groups in total. The molecule has 1 aliphatic carbocycles. The zero-order valence-electron chi connectivity index (χ0n) is 29.8. The predicted octanol–water partition coefficient (Wildman–Crippen LogP) is 14.0. The maximum Gasteiger partial charge on any atom is 0.0714 e. The van der Waals surface area contributed by atoms with Crippen molar-refractivity contribution in [1.82, 2.24) is 0 Å². The molecule has 0 bridgehead atoms. The van der Waals surface area contributed by atoms with Gasteiger partial charge in [-0.25, -0.2) is 0 Å². The van der Waals surface area contributed by atoms with Gasteiger partial charge in [0.05, 0.1) is 5.41 Å². The largest absolute Gasteiger partial charge is 0.310 e. The molecule has 0 aliphatic heterocycles. The smallest absolute Gasteiger partial charge is 0.0714 e. The number of para-hydroxylation sites is 1. The summed E-state index contributed by atoms with van der Waals surface area (Å²) in [6.07, 6.45) is 0. The first-order valence-electron chi connectivity index (χ1n) is 18.7. The first-order valence-corrected chi connectivity index (χ1v) is 18.7. The van der Waals surface area contributed by atoms with Gasteiger partial charge in [0, 0.05) is 17.1 Å². The fourth-order valence-electron chi connectivity index (χ4n) is 8.72. The molecule has 0 aromatic heterocycles. The van der Waals surface area contributed by atoms with Crippen molar-refractivity contribution < 1.29 is 0 Å². The second-order valence-electron chi connectivity index (χ2n) is 14.1. The van der Waals surface area contributed by atoms with Gasteiger partial charge in [-0.05, 0) is 109 Å². The molecule has 9 aromatic rings. The second kappa shape index (κ2) is 13.2. The van der Waals surface area contributed by atoms with Crippen LogP contribution in [-0.2, 0) is 5.41 Å². The van der Waals surface area contributed by atoms with Crippen molar-refractivity contribution >= 4 is 27.8 Å². The fraction of sp³-hybridized carbons (Fsp3) is 0.0189. The average molecular weight is 688 g/mol. The van der Waals surface area contributed by atoms with Gasteiger partial charge in [-0.15, -0.1) is 0 Å². The lowest BCUT2D eigenvalue weighted by Gasteiger charge is -2.35. The molecule has 10 rings (SSSR count). The Bertz CT molecular complexity index is 2690. The summed E-state index contributed by atoms with van der Waals surface area (Å²) in [7, 11) is 0. The molecule has 0 unspecified atom stereocenters. The summed E-state index contributed by atoms with van der Waals surface area (Å²) in [4.78, 5) is 2.39. The monoisotopic (exact) mass is 687 g/mol. The summed E-state index contributed by atoms with van der Waals surface area (Å²) in [6.45, 7) is 0. The Balaban J connectivity index is 1.22. The molecule has 0 heterocycles. The van der Waals surface area contributed by atoms with E-state index in [0.717, 1.165) is 17.1 Å². The SMILES string of the molecule is c1ccc(-c2ccc(N(c3ccccc3)c3ccc4c(c3)C(c3ccccc3)(c3ccccc3)c3cc(-c5cccc6ccccc56)ccc3-4)cc2)cc1. The van der Waals surface area contributed by atoms with Crippen LogP contribution in [0.1, 0.15) is 22.3 Å². The first-order chi connectivity index (χ1) is 26.8. The van der Waals surface area contributed by atoms with Gasteiger partial charge >= 0.3 is 0 Å². The molecule has 254 valence electrons. The molecule has 1 heteroatoms. The lowest BCUT2D eigenvalue weighted by atomic mass is 9.67. The lowest BCUT2D eigenvalue weighted by molar-refractivity contribution is 0.768. The molecule has 0 spiro atoms. The van der Waals surface area contributed by atoms with Crippen LogP contribution in [0.2, 0.25) is 0 Å². The highest BCUT2D eigenvalue weighted by molar-refractivity contribution is 5.98. The topological polar surface area (TPSA) is 3.24 Å². The quantitative estimate of drug-likeness (QED) is 0.161. The molecule has 1 aliphatic rings. The number of rotatable bonds is 7. The van der Waals surface area contributed by atoms with E-state index in [0.29, 0.717) is 0 Å². The molecular weight excluding hydrogens is 651 g/mol. The van der Waals surface area contributed by atoms with Gasteiger partial charge in [0.25, 0.3) is 0 Å². The van der Waals surface area contributed by atoms with Crippen LogP contribution < -0.4 is 4.90 Å². The Kier molecular flexibility index (Phi) is 7.78. The number of fused-ring (bicyclic) bond motifs is 4. The van der Waals surface area contributed by atoms with E-state index >= 15 is 0 Å². The van der Waals surface area contributed by atoms with Crippen LogP contribution in [0.5, 0.6) is 0 Å². The summed E-state index contributed by atoms with van der Waals surface area (Å²) in [5.74, 6) is 0. The van der Waals surface area contributed by atoms with E-state index in [1.807, 2.05) is 0 Å². The third-order valence-corrected chi connectivity index (χ3v) is 11.1. The van der Waals surface area contributed by atoms with Crippen LogP contribution in [0, 0.1) is 0 Å². The maximum atomic E-state index is 2.47. The predicted molar refractivity (Wildman–Crippen MR) is 227 cm³/mol. The number of nitrogens with zero attached hydrogens (tertiary/aromatic N) is 1. The number of hydrogen-bond acceptors (Lipinski definition) is 1. The zero-order valence-corrected chi connectivity index (χ0v) is 29.8. The highest BCUT2D eigenvalue weighted by Crippen LogP contribution is 2.58. The van der Waals surface area contributed by atoms with Crippen molar-refractivity contribution in [3.05, 3.63) is 247 Å². The molecule has 0 saturated carbocycles.